The van der Waals surface area contributed by atoms with E-state index < -0.39 is 25.7 Å². The summed E-state index contributed by atoms with van der Waals surface area (Å²) in [7, 11) is 2.33. The van der Waals surface area contributed by atoms with E-state index >= 15 is 0 Å². The molecule has 0 heterocycles. The molecule has 8 heteroatoms. The SMILES string of the molecule is CNC(=O)c1cc(F)c(Br)c(S(=O)(=O)Cl)c1. The molecule has 1 N–H and O–H groups in total. The minimum atomic E-state index is -4.11. The molecule has 0 saturated heterocycles. The number of rotatable bonds is 2. The van der Waals surface area contributed by atoms with Gasteiger partial charge in [0.25, 0.3) is 15.0 Å². The van der Waals surface area contributed by atoms with Crippen LogP contribution in [-0.4, -0.2) is 21.4 Å². The van der Waals surface area contributed by atoms with Crippen molar-refractivity contribution >= 4 is 41.6 Å². The normalized spacial score (nSPS) is 11.2. The number of amides is 1. The molecule has 0 fully saturated rings. The van der Waals surface area contributed by atoms with E-state index in [2.05, 4.69) is 21.2 Å². The summed E-state index contributed by atoms with van der Waals surface area (Å²) in [5, 5.41) is 2.25. The highest BCUT2D eigenvalue weighted by molar-refractivity contribution is 9.10. The molecule has 0 aliphatic carbocycles. The summed E-state index contributed by atoms with van der Waals surface area (Å²) in [6, 6.07) is 1.91. The summed E-state index contributed by atoms with van der Waals surface area (Å²) in [5.74, 6) is -1.48. The van der Waals surface area contributed by atoms with Gasteiger partial charge in [0.05, 0.1) is 4.47 Å². The van der Waals surface area contributed by atoms with Gasteiger partial charge in [-0.05, 0) is 28.1 Å². The molecule has 0 atom stereocenters. The molecule has 0 bridgehead atoms. The molecule has 0 spiro atoms. The van der Waals surface area contributed by atoms with Crippen molar-refractivity contribution in [2.75, 3.05) is 7.05 Å². The molecule has 16 heavy (non-hydrogen) atoms. The number of halogens is 3. The molecule has 1 rings (SSSR count). The van der Waals surface area contributed by atoms with Crippen LogP contribution in [0.2, 0.25) is 0 Å². The van der Waals surface area contributed by atoms with Crippen molar-refractivity contribution in [3.05, 3.63) is 28.0 Å². The Bertz CT molecular complexity index is 546. The predicted octanol–water partition coefficient (Wildman–Crippen LogP) is 1.88. The van der Waals surface area contributed by atoms with Crippen molar-refractivity contribution in [1.82, 2.24) is 5.32 Å². The zero-order valence-electron chi connectivity index (χ0n) is 7.92. The first-order valence-corrected chi connectivity index (χ1v) is 7.03. The molecule has 1 amide bonds. The highest BCUT2D eigenvalue weighted by Gasteiger charge is 2.20. The van der Waals surface area contributed by atoms with E-state index in [1.54, 1.807) is 0 Å². The van der Waals surface area contributed by atoms with Crippen LogP contribution in [0.3, 0.4) is 0 Å². The lowest BCUT2D eigenvalue weighted by Gasteiger charge is -2.05. The van der Waals surface area contributed by atoms with Gasteiger partial charge in [0, 0.05) is 23.3 Å². The first-order valence-electron chi connectivity index (χ1n) is 3.93. The summed E-state index contributed by atoms with van der Waals surface area (Å²) < 4.78 is 35.2. The van der Waals surface area contributed by atoms with Gasteiger partial charge in [-0.1, -0.05) is 0 Å². The average molecular weight is 331 g/mol. The van der Waals surface area contributed by atoms with E-state index in [1.165, 1.54) is 7.05 Å². The lowest BCUT2D eigenvalue weighted by molar-refractivity contribution is 0.0962. The second-order valence-corrected chi connectivity index (χ2v) is 6.11. The van der Waals surface area contributed by atoms with Crippen molar-refractivity contribution in [3.8, 4) is 0 Å². The fraction of sp³-hybridized carbons (Fsp3) is 0.125. The third kappa shape index (κ3) is 2.72. The molecule has 0 aliphatic heterocycles. The number of carbonyl (C=O) groups excluding carboxylic acids is 1. The zero-order chi connectivity index (χ0) is 12.5. The average Bonchev–Trinajstić information content (AvgIpc) is 2.18. The lowest BCUT2D eigenvalue weighted by atomic mass is 10.2. The van der Waals surface area contributed by atoms with Crippen molar-refractivity contribution in [2.45, 2.75) is 4.90 Å². The van der Waals surface area contributed by atoms with Gasteiger partial charge < -0.3 is 5.32 Å². The Labute approximate surface area is 104 Å². The maximum atomic E-state index is 13.3. The van der Waals surface area contributed by atoms with E-state index in [1.807, 2.05) is 0 Å². The van der Waals surface area contributed by atoms with Crippen LogP contribution < -0.4 is 5.32 Å². The molecule has 0 aromatic heterocycles. The Morgan fingerprint density at radius 2 is 2.06 bits per heavy atom. The largest absolute Gasteiger partial charge is 0.355 e. The molecule has 4 nitrogen and oxygen atoms in total. The zero-order valence-corrected chi connectivity index (χ0v) is 11.1. The molecular formula is C8H6BrClFNO3S. The molecule has 0 aliphatic rings. The first-order chi connectivity index (χ1) is 7.27. The number of nitrogens with one attached hydrogen (secondary N) is 1. The van der Waals surface area contributed by atoms with Crippen molar-refractivity contribution < 1.29 is 17.6 Å². The lowest BCUT2D eigenvalue weighted by Crippen LogP contribution is -2.18. The second kappa shape index (κ2) is 4.68. The van der Waals surface area contributed by atoms with Crippen LogP contribution in [-0.2, 0) is 9.05 Å². The van der Waals surface area contributed by atoms with Crippen LogP contribution in [0.15, 0.2) is 21.5 Å². The molecular weight excluding hydrogens is 325 g/mol. The van der Waals surface area contributed by atoms with Crippen LogP contribution in [0.1, 0.15) is 10.4 Å². The third-order valence-electron chi connectivity index (χ3n) is 1.75. The highest BCUT2D eigenvalue weighted by Crippen LogP contribution is 2.29. The van der Waals surface area contributed by atoms with Gasteiger partial charge in [0.2, 0.25) is 0 Å². The van der Waals surface area contributed by atoms with E-state index in [0.717, 1.165) is 12.1 Å². The van der Waals surface area contributed by atoms with Crippen LogP contribution in [0, 0.1) is 5.82 Å². The van der Waals surface area contributed by atoms with Crippen LogP contribution in [0.25, 0.3) is 0 Å². The summed E-state index contributed by atoms with van der Waals surface area (Å²) in [4.78, 5) is 10.7. The summed E-state index contributed by atoms with van der Waals surface area (Å²) in [6.45, 7) is 0. The standard InChI is InChI=1S/C8H6BrClFNO3S/c1-12-8(13)4-2-5(11)7(9)6(3-4)16(10,14)15/h2-3H,1H3,(H,12,13). The molecule has 88 valence electrons. The van der Waals surface area contributed by atoms with Gasteiger partial charge in [0.15, 0.2) is 0 Å². The maximum absolute atomic E-state index is 13.3. The Balaban J connectivity index is 3.52. The van der Waals surface area contributed by atoms with Gasteiger partial charge in [-0.2, -0.15) is 0 Å². The van der Waals surface area contributed by atoms with E-state index in [4.69, 9.17) is 10.7 Å². The number of hydrogen-bond donors (Lipinski definition) is 1. The Morgan fingerprint density at radius 3 is 2.50 bits per heavy atom. The van der Waals surface area contributed by atoms with Crippen molar-refractivity contribution in [2.24, 2.45) is 0 Å². The smallest absolute Gasteiger partial charge is 0.262 e. The van der Waals surface area contributed by atoms with Crippen LogP contribution in [0.5, 0.6) is 0 Å². The highest BCUT2D eigenvalue weighted by atomic mass is 79.9. The van der Waals surface area contributed by atoms with Crippen molar-refractivity contribution in [3.63, 3.8) is 0 Å². The van der Waals surface area contributed by atoms with Crippen LogP contribution in [0.4, 0.5) is 4.39 Å². The molecule has 1 aromatic rings. The molecule has 0 saturated carbocycles. The van der Waals surface area contributed by atoms with Crippen LogP contribution >= 0.6 is 26.6 Å². The van der Waals surface area contributed by atoms with E-state index in [0.29, 0.717) is 0 Å². The fourth-order valence-electron chi connectivity index (χ4n) is 1.02. The van der Waals surface area contributed by atoms with Gasteiger partial charge in [-0.25, -0.2) is 12.8 Å². The third-order valence-corrected chi connectivity index (χ3v) is 4.16. The Morgan fingerprint density at radius 1 is 1.50 bits per heavy atom. The number of hydrogen-bond acceptors (Lipinski definition) is 3. The molecule has 1 aromatic carbocycles. The Kier molecular flexibility index (Phi) is 3.92. The van der Waals surface area contributed by atoms with E-state index in [9.17, 15) is 17.6 Å². The van der Waals surface area contributed by atoms with Gasteiger partial charge in [-0.3, -0.25) is 4.79 Å². The summed E-state index contributed by atoms with van der Waals surface area (Å²) in [5.41, 5.74) is -0.123. The van der Waals surface area contributed by atoms with Gasteiger partial charge in [-0.15, -0.1) is 0 Å². The minimum Gasteiger partial charge on any atom is -0.355 e. The van der Waals surface area contributed by atoms with Gasteiger partial charge >= 0.3 is 0 Å². The summed E-state index contributed by atoms with van der Waals surface area (Å²) in [6.07, 6.45) is 0. The van der Waals surface area contributed by atoms with Crippen molar-refractivity contribution in [1.29, 1.82) is 0 Å². The summed E-state index contributed by atoms with van der Waals surface area (Å²) >= 11 is 2.75. The second-order valence-electron chi connectivity index (χ2n) is 2.79. The predicted molar refractivity (Wildman–Crippen MR) is 60.5 cm³/mol. The quantitative estimate of drug-likeness (QED) is 0.842. The fourth-order valence-corrected chi connectivity index (χ4v) is 3.11. The topological polar surface area (TPSA) is 63.2 Å². The number of carbonyl (C=O) groups is 1. The van der Waals surface area contributed by atoms with Gasteiger partial charge in [0.1, 0.15) is 10.7 Å². The monoisotopic (exact) mass is 329 g/mol. The Hall–Kier alpha value is -0.660. The number of benzene rings is 1. The molecule has 0 radical (unpaired) electrons. The van der Waals surface area contributed by atoms with E-state index in [-0.39, 0.29) is 10.0 Å². The molecule has 0 unspecified atom stereocenters. The maximum Gasteiger partial charge on any atom is 0.262 e. The minimum absolute atomic E-state index is 0.123. The first kappa shape index (κ1) is 13.4.